The van der Waals surface area contributed by atoms with Gasteiger partial charge in [-0.1, -0.05) is 169 Å². The number of anilines is 1. The Labute approximate surface area is 375 Å². The number of nitrogens with one attached hydrogen (secondary N) is 1. The van der Waals surface area contributed by atoms with E-state index in [1.165, 1.54) is 109 Å². The van der Waals surface area contributed by atoms with Crippen LogP contribution < -0.4 is 16.2 Å². The van der Waals surface area contributed by atoms with E-state index >= 15 is 0 Å². The highest BCUT2D eigenvalue weighted by atomic mass is 16.5. The highest BCUT2D eigenvalue weighted by molar-refractivity contribution is 5.69. The summed E-state index contributed by atoms with van der Waals surface area (Å²) < 4.78 is 11.9. The van der Waals surface area contributed by atoms with Crippen LogP contribution in [0, 0.1) is 0 Å². The van der Waals surface area contributed by atoms with Crippen LogP contribution in [0.25, 0.3) is 0 Å². The van der Waals surface area contributed by atoms with Gasteiger partial charge >= 0.3 is 11.9 Å². The van der Waals surface area contributed by atoms with Crippen LogP contribution in [0.1, 0.15) is 265 Å². The molecule has 0 saturated heterocycles. The molecule has 356 valence electrons. The van der Waals surface area contributed by atoms with Crippen LogP contribution >= 0.6 is 0 Å². The molecule has 0 aliphatic heterocycles. The summed E-state index contributed by atoms with van der Waals surface area (Å²) in [6, 6.07) is 0. The molecule has 0 heterocycles. The molecule has 0 aromatic heterocycles. The van der Waals surface area contributed by atoms with Crippen molar-refractivity contribution in [2.45, 2.75) is 278 Å². The largest absolute Gasteiger partial charge is 0.462 e. The smallest absolute Gasteiger partial charge is 0.306 e. The minimum atomic E-state index is -0.366. The number of carbonyl (C=O) groups excluding carboxylic acids is 2. The van der Waals surface area contributed by atoms with Gasteiger partial charge in [0.05, 0.1) is 5.69 Å². The van der Waals surface area contributed by atoms with Crippen LogP contribution in [-0.4, -0.2) is 55.2 Å². The fraction of sp³-hybridized carbons (Fsp3) is 0.887. The van der Waals surface area contributed by atoms with Crippen molar-refractivity contribution in [1.29, 1.82) is 0 Å². The van der Waals surface area contributed by atoms with Crippen LogP contribution in [-0.2, 0) is 25.5 Å². The summed E-state index contributed by atoms with van der Waals surface area (Å²) in [6.07, 6.45) is 40.2. The van der Waals surface area contributed by atoms with Crippen molar-refractivity contribution in [3.8, 4) is 0 Å². The highest BCUT2D eigenvalue weighted by Gasteiger charge is 2.19. The summed E-state index contributed by atoms with van der Waals surface area (Å²) in [4.78, 5) is 51.8. The van der Waals surface area contributed by atoms with Gasteiger partial charge in [0.25, 0.3) is 0 Å². The number of rotatable bonds is 46. The van der Waals surface area contributed by atoms with Gasteiger partial charge in [0.2, 0.25) is 10.9 Å². The first-order chi connectivity index (χ1) is 29.8. The maximum absolute atomic E-state index is 12.9. The normalized spacial score (nSPS) is 12.2. The molecule has 1 rings (SSSR count). The molecule has 1 N–H and O–H groups in total. The standard InChI is InChI=1S/C53H98N2O6/c1-6-11-14-17-22-29-37-46(9-4)60-49(56)40-32-25-20-27-34-43-55(45-36-42-54-51-48(10-5)52(58)53(51)59)44-35-28-21-26-33-41-50(57)61-47(38-30-23-18-15-12-7-2)39-31-24-19-16-13-8-3/h46-47,54H,6-45H2,1-5H3. The average molecular weight is 859 g/mol. The minimum Gasteiger partial charge on any atom is -0.462 e. The van der Waals surface area contributed by atoms with E-state index in [1.54, 1.807) is 0 Å². The number of ether oxygens (including phenoxy) is 2. The molecule has 0 bridgehead atoms. The molecule has 8 heteroatoms. The Bertz CT molecular complexity index is 1230. The lowest BCUT2D eigenvalue weighted by atomic mass is 10.0. The molecule has 0 spiro atoms. The molecule has 0 fully saturated rings. The second kappa shape index (κ2) is 40.5. The molecule has 1 aromatic carbocycles. The maximum atomic E-state index is 12.9. The van der Waals surface area contributed by atoms with Crippen LogP contribution in [0.5, 0.6) is 0 Å². The molecule has 0 aliphatic rings. The van der Waals surface area contributed by atoms with Crippen molar-refractivity contribution in [3.05, 3.63) is 26.0 Å². The van der Waals surface area contributed by atoms with Crippen molar-refractivity contribution in [2.75, 3.05) is 31.5 Å². The molecule has 0 aliphatic carbocycles. The molecular formula is C53H98N2O6. The third-order valence-corrected chi connectivity index (χ3v) is 12.7. The number of hydrogen-bond donors (Lipinski definition) is 1. The van der Waals surface area contributed by atoms with Crippen LogP contribution in [0.2, 0.25) is 0 Å². The number of carbonyl (C=O) groups is 2. The Hall–Kier alpha value is -2.22. The van der Waals surface area contributed by atoms with Crippen LogP contribution in [0.3, 0.4) is 0 Å². The van der Waals surface area contributed by atoms with E-state index in [9.17, 15) is 19.2 Å². The van der Waals surface area contributed by atoms with Crippen molar-refractivity contribution in [1.82, 2.24) is 4.90 Å². The van der Waals surface area contributed by atoms with Gasteiger partial charge in [0, 0.05) is 24.9 Å². The second-order valence-corrected chi connectivity index (χ2v) is 18.3. The van der Waals surface area contributed by atoms with Gasteiger partial charge in [0.15, 0.2) is 0 Å². The predicted molar refractivity (Wildman–Crippen MR) is 260 cm³/mol. The van der Waals surface area contributed by atoms with E-state index in [1.807, 2.05) is 6.92 Å². The predicted octanol–water partition coefficient (Wildman–Crippen LogP) is 14.1. The molecule has 61 heavy (non-hydrogen) atoms. The van der Waals surface area contributed by atoms with Crippen LogP contribution in [0.15, 0.2) is 9.59 Å². The molecule has 1 atom stereocenters. The lowest BCUT2D eigenvalue weighted by molar-refractivity contribution is -0.150. The van der Waals surface area contributed by atoms with E-state index in [4.69, 9.17) is 9.47 Å². The lowest BCUT2D eigenvalue weighted by Gasteiger charge is -2.23. The third-order valence-electron chi connectivity index (χ3n) is 12.7. The summed E-state index contributed by atoms with van der Waals surface area (Å²) in [7, 11) is 0. The first-order valence-electron chi connectivity index (χ1n) is 26.5. The Morgan fingerprint density at radius 2 is 0.836 bits per heavy atom. The number of unbranched alkanes of at least 4 members (excludes halogenated alkanes) is 23. The molecule has 0 radical (unpaired) electrons. The monoisotopic (exact) mass is 859 g/mol. The van der Waals surface area contributed by atoms with Crippen molar-refractivity contribution < 1.29 is 19.1 Å². The lowest BCUT2D eigenvalue weighted by Crippen LogP contribution is -2.38. The molecule has 1 aromatic rings. The van der Waals surface area contributed by atoms with Gasteiger partial charge in [-0.3, -0.25) is 19.2 Å². The molecule has 1 unspecified atom stereocenters. The minimum absolute atomic E-state index is 0.000376. The third kappa shape index (κ3) is 30.5. The summed E-state index contributed by atoms with van der Waals surface area (Å²) >= 11 is 0. The van der Waals surface area contributed by atoms with Gasteiger partial charge < -0.3 is 19.7 Å². The van der Waals surface area contributed by atoms with Crippen molar-refractivity contribution in [2.24, 2.45) is 0 Å². The zero-order valence-corrected chi connectivity index (χ0v) is 40.8. The van der Waals surface area contributed by atoms with Gasteiger partial charge in [-0.25, -0.2) is 0 Å². The van der Waals surface area contributed by atoms with Gasteiger partial charge in [0.1, 0.15) is 12.2 Å². The van der Waals surface area contributed by atoms with Crippen molar-refractivity contribution >= 4 is 17.6 Å². The van der Waals surface area contributed by atoms with Gasteiger partial charge in [-0.05, 0) is 103 Å². The SMILES string of the molecule is CCCCCCCCC(CC)OC(=O)CCCCCCCN(CCCCCCCC(=O)OC(CCCCCCCC)CCCCCCCC)CCCNc1c(CC)c(=O)c1=O. The van der Waals surface area contributed by atoms with Crippen molar-refractivity contribution in [3.63, 3.8) is 0 Å². The summed E-state index contributed by atoms with van der Waals surface area (Å²) in [5, 5.41) is 3.25. The van der Waals surface area contributed by atoms with E-state index in [2.05, 4.69) is 37.9 Å². The summed E-state index contributed by atoms with van der Waals surface area (Å²) in [5.41, 5.74) is 0.476. The van der Waals surface area contributed by atoms with Crippen LogP contribution in [0.4, 0.5) is 5.69 Å². The van der Waals surface area contributed by atoms with E-state index in [0.717, 1.165) is 122 Å². The Balaban J connectivity index is 2.41. The first-order valence-corrected chi connectivity index (χ1v) is 26.5. The second-order valence-electron chi connectivity index (χ2n) is 18.3. The number of hydrogen-bond acceptors (Lipinski definition) is 8. The van der Waals surface area contributed by atoms with E-state index in [0.29, 0.717) is 37.1 Å². The highest BCUT2D eigenvalue weighted by Crippen LogP contribution is 2.19. The summed E-state index contributed by atoms with van der Waals surface area (Å²) in [5.74, 6) is -0.0287. The maximum Gasteiger partial charge on any atom is 0.306 e. The molecular weight excluding hydrogens is 761 g/mol. The molecule has 8 nitrogen and oxygen atoms in total. The summed E-state index contributed by atoms with van der Waals surface area (Å²) in [6.45, 7) is 14.5. The quantitative estimate of drug-likeness (QED) is 0.0393. The fourth-order valence-electron chi connectivity index (χ4n) is 8.64. The zero-order chi connectivity index (χ0) is 44.6. The van der Waals surface area contributed by atoms with Gasteiger partial charge in [-0.2, -0.15) is 0 Å². The first kappa shape index (κ1) is 56.8. The number of nitrogens with zero attached hydrogens (tertiary/aromatic N) is 1. The Morgan fingerprint density at radius 3 is 1.28 bits per heavy atom. The van der Waals surface area contributed by atoms with E-state index in [-0.39, 0.29) is 35.0 Å². The Kier molecular flexibility index (Phi) is 37.8. The molecule has 0 saturated carbocycles. The Morgan fingerprint density at radius 1 is 0.459 bits per heavy atom. The van der Waals surface area contributed by atoms with Gasteiger partial charge in [-0.15, -0.1) is 0 Å². The molecule has 0 amide bonds. The number of esters is 2. The fourth-order valence-corrected chi connectivity index (χ4v) is 8.64. The topological polar surface area (TPSA) is 102 Å². The van der Waals surface area contributed by atoms with E-state index < -0.39 is 0 Å². The zero-order valence-electron chi connectivity index (χ0n) is 40.8. The average Bonchev–Trinajstić information content (AvgIpc) is 3.26.